The number of aromatic nitrogens is 3. The molecule has 0 spiro atoms. The quantitative estimate of drug-likeness (QED) is 0.915. The average Bonchev–Trinajstić information content (AvgIpc) is 3.17. The first-order valence-electron chi connectivity index (χ1n) is 7.12. The summed E-state index contributed by atoms with van der Waals surface area (Å²) in [6.45, 7) is 0. The standard InChI is InChI=1S/C15H18N4/c1-3-13(15(16-6-1)19-8-2-7-17-19)18-14-10-11-4-5-12(14)9-11/h1-3,6-8,11-12,14,18H,4-5,9-10H2. The Balaban J connectivity index is 1.61. The minimum atomic E-state index is 0.622. The Bertz CT molecular complexity index is 563. The minimum absolute atomic E-state index is 0.622. The van der Waals surface area contributed by atoms with Crippen LogP contribution in [-0.4, -0.2) is 20.8 Å². The van der Waals surface area contributed by atoms with Crippen LogP contribution in [0.2, 0.25) is 0 Å². The fourth-order valence-corrected chi connectivity index (χ4v) is 3.71. The van der Waals surface area contributed by atoms with Gasteiger partial charge in [-0.05, 0) is 49.3 Å². The first-order valence-corrected chi connectivity index (χ1v) is 7.12. The van der Waals surface area contributed by atoms with E-state index in [1.807, 2.05) is 29.2 Å². The van der Waals surface area contributed by atoms with Crippen LogP contribution < -0.4 is 5.32 Å². The summed E-state index contributed by atoms with van der Waals surface area (Å²) in [6.07, 6.45) is 11.1. The van der Waals surface area contributed by atoms with Gasteiger partial charge in [0.1, 0.15) is 0 Å². The highest BCUT2D eigenvalue weighted by molar-refractivity contribution is 5.57. The lowest BCUT2D eigenvalue weighted by molar-refractivity contribution is 0.439. The summed E-state index contributed by atoms with van der Waals surface area (Å²) in [5.74, 6) is 2.71. The van der Waals surface area contributed by atoms with E-state index in [4.69, 9.17) is 0 Å². The maximum Gasteiger partial charge on any atom is 0.176 e. The maximum atomic E-state index is 4.46. The zero-order valence-electron chi connectivity index (χ0n) is 10.9. The summed E-state index contributed by atoms with van der Waals surface area (Å²) in [5.41, 5.74) is 1.10. The van der Waals surface area contributed by atoms with Crippen molar-refractivity contribution in [2.75, 3.05) is 5.32 Å². The molecule has 2 fully saturated rings. The van der Waals surface area contributed by atoms with E-state index in [1.54, 1.807) is 6.20 Å². The van der Waals surface area contributed by atoms with Crippen molar-refractivity contribution in [3.05, 3.63) is 36.8 Å². The molecule has 2 saturated carbocycles. The topological polar surface area (TPSA) is 42.7 Å². The predicted molar refractivity (Wildman–Crippen MR) is 74.2 cm³/mol. The van der Waals surface area contributed by atoms with E-state index in [0.717, 1.165) is 23.3 Å². The summed E-state index contributed by atoms with van der Waals surface area (Å²) in [7, 11) is 0. The number of fused-ring (bicyclic) bond motifs is 2. The molecular formula is C15H18N4. The Morgan fingerprint density at radius 1 is 1.16 bits per heavy atom. The average molecular weight is 254 g/mol. The lowest BCUT2D eigenvalue weighted by atomic mass is 9.95. The highest BCUT2D eigenvalue weighted by Crippen LogP contribution is 2.45. The van der Waals surface area contributed by atoms with E-state index >= 15 is 0 Å². The smallest absolute Gasteiger partial charge is 0.176 e. The van der Waals surface area contributed by atoms with Gasteiger partial charge >= 0.3 is 0 Å². The first kappa shape index (κ1) is 11.0. The number of rotatable bonds is 3. The van der Waals surface area contributed by atoms with Crippen molar-refractivity contribution in [1.29, 1.82) is 0 Å². The number of hydrogen-bond acceptors (Lipinski definition) is 3. The molecule has 0 aliphatic heterocycles. The van der Waals surface area contributed by atoms with E-state index in [0.29, 0.717) is 6.04 Å². The normalized spacial score (nSPS) is 28.7. The molecular weight excluding hydrogens is 236 g/mol. The van der Waals surface area contributed by atoms with Crippen LogP contribution in [0.25, 0.3) is 5.82 Å². The van der Waals surface area contributed by atoms with Gasteiger partial charge in [-0.2, -0.15) is 5.10 Å². The molecule has 2 aliphatic carbocycles. The summed E-state index contributed by atoms with van der Waals surface area (Å²) < 4.78 is 1.83. The number of pyridine rings is 1. The number of hydrogen-bond donors (Lipinski definition) is 1. The number of anilines is 1. The second kappa shape index (κ2) is 4.37. The maximum absolute atomic E-state index is 4.46. The van der Waals surface area contributed by atoms with Crippen LogP contribution in [0.1, 0.15) is 25.7 Å². The Labute approximate surface area is 112 Å². The molecule has 3 atom stereocenters. The zero-order valence-corrected chi connectivity index (χ0v) is 10.9. The van der Waals surface area contributed by atoms with E-state index in [1.165, 1.54) is 25.7 Å². The van der Waals surface area contributed by atoms with Crippen molar-refractivity contribution in [1.82, 2.24) is 14.8 Å². The van der Waals surface area contributed by atoms with Crippen molar-refractivity contribution in [3.8, 4) is 5.82 Å². The molecule has 0 aromatic carbocycles. The molecule has 4 nitrogen and oxygen atoms in total. The van der Waals surface area contributed by atoms with Gasteiger partial charge in [-0.15, -0.1) is 0 Å². The van der Waals surface area contributed by atoms with Crippen molar-refractivity contribution in [3.63, 3.8) is 0 Å². The monoisotopic (exact) mass is 254 g/mol. The predicted octanol–water partition coefficient (Wildman–Crippen LogP) is 2.87. The van der Waals surface area contributed by atoms with Crippen LogP contribution in [0.15, 0.2) is 36.8 Å². The SMILES string of the molecule is c1cnc(-n2cccn2)c(NC2CC3CCC2C3)c1. The van der Waals surface area contributed by atoms with E-state index < -0.39 is 0 Å². The Morgan fingerprint density at radius 2 is 2.16 bits per heavy atom. The van der Waals surface area contributed by atoms with E-state index in [9.17, 15) is 0 Å². The lowest BCUT2D eigenvalue weighted by Gasteiger charge is -2.24. The van der Waals surface area contributed by atoms with Gasteiger partial charge in [0.05, 0.1) is 5.69 Å². The second-order valence-electron chi connectivity index (χ2n) is 5.75. The summed E-state index contributed by atoms with van der Waals surface area (Å²) in [4.78, 5) is 4.46. The van der Waals surface area contributed by atoms with Gasteiger partial charge in [0.25, 0.3) is 0 Å². The van der Waals surface area contributed by atoms with Crippen molar-refractivity contribution >= 4 is 5.69 Å². The highest BCUT2D eigenvalue weighted by Gasteiger charge is 2.39. The van der Waals surface area contributed by atoms with Gasteiger partial charge in [-0.25, -0.2) is 9.67 Å². The summed E-state index contributed by atoms with van der Waals surface area (Å²) in [6, 6.07) is 6.64. The van der Waals surface area contributed by atoms with Gasteiger partial charge in [0, 0.05) is 24.6 Å². The highest BCUT2D eigenvalue weighted by atomic mass is 15.3. The Morgan fingerprint density at radius 3 is 2.89 bits per heavy atom. The number of nitrogens with one attached hydrogen (secondary N) is 1. The molecule has 0 radical (unpaired) electrons. The molecule has 98 valence electrons. The van der Waals surface area contributed by atoms with Gasteiger partial charge in [0.15, 0.2) is 5.82 Å². The molecule has 0 saturated heterocycles. The van der Waals surface area contributed by atoms with Gasteiger partial charge in [-0.1, -0.05) is 6.42 Å². The summed E-state index contributed by atoms with van der Waals surface area (Å²) in [5, 5.41) is 7.99. The van der Waals surface area contributed by atoms with Crippen LogP contribution in [0.5, 0.6) is 0 Å². The molecule has 0 amide bonds. The van der Waals surface area contributed by atoms with Crippen molar-refractivity contribution < 1.29 is 0 Å². The fraction of sp³-hybridized carbons (Fsp3) is 0.467. The van der Waals surface area contributed by atoms with Gasteiger partial charge in [-0.3, -0.25) is 0 Å². The molecule has 19 heavy (non-hydrogen) atoms. The summed E-state index contributed by atoms with van der Waals surface area (Å²) >= 11 is 0. The van der Waals surface area contributed by atoms with E-state index in [-0.39, 0.29) is 0 Å². The Hall–Kier alpha value is -1.84. The molecule has 2 heterocycles. The van der Waals surface area contributed by atoms with Crippen LogP contribution in [0.3, 0.4) is 0 Å². The van der Waals surface area contributed by atoms with E-state index in [2.05, 4.69) is 21.5 Å². The van der Waals surface area contributed by atoms with Crippen LogP contribution >= 0.6 is 0 Å². The molecule has 2 aromatic rings. The number of nitrogens with zero attached hydrogens (tertiary/aromatic N) is 3. The molecule has 1 N–H and O–H groups in total. The minimum Gasteiger partial charge on any atom is -0.379 e. The molecule has 2 bridgehead atoms. The molecule has 4 heteroatoms. The third-order valence-electron chi connectivity index (χ3n) is 4.59. The second-order valence-corrected chi connectivity index (χ2v) is 5.75. The van der Waals surface area contributed by atoms with Crippen molar-refractivity contribution in [2.24, 2.45) is 11.8 Å². The van der Waals surface area contributed by atoms with Crippen LogP contribution in [-0.2, 0) is 0 Å². The van der Waals surface area contributed by atoms with Gasteiger partial charge in [0.2, 0.25) is 0 Å². The lowest BCUT2D eigenvalue weighted by Crippen LogP contribution is -2.26. The zero-order chi connectivity index (χ0) is 12.7. The molecule has 2 aromatic heterocycles. The largest absolute Gasteiger partial charge is 0.379 e. The van der Waals surface area contributed by atoms with Gasteiger partial charge < -0.3 is 5.32 Å². The molecule has 2 aliphatic rings. The van der Waals surface area contributed by atoms with Crippen LogP contribution in [0.4, 0.5) is 5.69 Å². The molecule has 4 rings (SSSR count). The first-order chi connectivity index (χ1) is 9.40. The van der Waals surface area contributed by atoms with Crippen molar-refractivity contribution in [2.45, 2.75) is 31.7 Å². The Kier molecular flexibility index (Phi) is 2.53. The third-order valence-corrected chi connectivity index (χ3v) is 4.59. The third kappa shape index (κ3) is 1.91. The van der Waals surface area contributed by atoms with Crippen LogP contribution in [0, 0.1) is 11.8 Å². The fourth-order valence-electron chi connectivity index (χ4n) is 3.71. The molecule has 3 unspecified atom stereocenters.